The lowest BCUT2D eigenvalue weighted by Gasteiger charge is -2.12. The fraction of sp³-hybridized carbons (Fsp3) is 0.0909. The Bertz CT molecular complexity index is 621. The highest BCUT2D eigenvalue weighted by Crippen LogP contribution is 2.32. The van der Waals surface area contributed by atoms with Gasteiger partial charge in [-0.2, -0.15) is 0 Å². The number of anilines is 2. The van der Waals surface area contributed by atoms with Gasteiger partial charge in [0.1, 0.15) is 12.1 Å². The molecule has 0 saturated heterocycles. The maximum absolute atomic E-state index is 13.3. The molecular weight excluding hydrogens is 302 g/mol. The van der Waals surface area contributed by atoms with Gasteiger partial charge in [0, 0.05) is 5.69 Å². The van der Waals surface area contributed by atoms with Gasteiger partial charge >= 0.3 is 6.36 Å². The van der Waals surface area contributed by atoms with Gasteiger partial charge < -0.3 is 10.1 Å². The maximum atomic E-state index is 13.3. The fourth-order valence-corrected chi connectivity index (χ4v) is 1.55. The second-order valence-corrected chi connectivity index (χ2v) is 3.94. The number of hydrogen-bond donors (Lipinski definition) is 1. The number of benzene rings is 1. The maximum Gasteiger partial charge on any atom is 0.573 e. The lowest BCUT2D eigenvalue weighted by molar-refractivity contribution is -0.274. The molecule has 0 saturated carbocycles. The molecular formula is C11H6ClF4N3O. The summed E-state index contributed by atoms with van der Waals surface area (Å²) in [5, 5.41) is 2.28. The van der Waals surface area contributed by atoms with E-state index in [1.165, 1.54) is 6.07 Å². The van der Waals surface area contributed by atoms with E-state index in [0.29, 0.717) is 0 Å². The zero-order valence-corrected chi connectivity index (χ0v) is 10.3. The van der Waals surface area contributed by atoms with Crippen molar-refractivity contribution in [1.82, 2.24) is 9.97 Å². The van der Waals surface area contributed by atoms with Crippen LogP contribution in [-0.2, 0) is 0 Å². The molecule has 0 aliphatic carbocycles. The van der Waals surface area contributed by atoms with Crippen LogP contribution in [0, 0.1) is 5.82 Å². The molecule has 2 rings (SSSR count). The molecule has 20 heavy (non-hydrogen) atoms. The van der Waals surface area contributed by atoms with Crippen LogP contribution in [0.15, 0.2) is 30.7 Å². The first-order valence-corrected chi connectivity index (χ1v) is 5.51. The van der Waals surface area contributed by atoms with E-state index in [1.807, 2.05) is 0 Å². The van der Waals surface area contributed by atoms with Crippen LogP contribution in [-0.4, -0.2) is 16.3 Å². The van der Waals surface area contributed by atoms with E-state index in [0.717, 1.165) is 24.7 Å². The summed E-state index contributed by atoms with van der Waals surface area (Å²) in [6.07, 6.45) is -2.77. The van der Waals surface area contributed by atoms with Crippen molar-refractivity contribution in [2.45, 2.75) is 6.36 Å². The van der Waals surface area contributed by atoms with E-state index in [1.54, 1.807) is 0 Å². The van der Waals surface area contributed by atoms with E-state index in [-0.39, 0.29) is 16.5 Å². The molecule has 0 aliphatic rings. The smallest absolute Gasteiger partial charge is 0.404 e. The SMILES string of the molecule is Fc1cncnc1Nc1ccc(OC(F)(F)F)c(Cl)c1. The summed E-state index contributed by atoms with van der Waals surface area (Å²) in [7, 11) is 0. The van der Waals surface area contributed by atoms with Crippen LogP contribution < -0.4 is 10.1 Å². The van der Waals surface area contributed by atoms with Gasteiger partial charge in [0.2, 0.25) is 0 Å². The van der Waals surface area contributed by atoms with E-state index >= 15 is 0 Å². The fourth-order valence-electron chi connectivity index (χ4n) is 1.33. The largest absolute Gasteiger partial charge is 0.573 e. The zero-order valence-electron chi connectivity index (χ0n) is 9.58. The molecule has 1 N–H and O–H groups in total. The third kappa shape index (κ3) is 3.70. The summed E-state index contributed by atoms with van der Waals surface area (Å²) in [5.41, 5.74) is 0.252. The Morgan fingerprint density at radius 2 is 2.00 bits per heavy atom. The molecule has 0 aliphatic heterocycles. The van der Waals surface area contributed by atoms with Crippen LogP contribution in [0.4, 0.5) is 29.1 Å². The van der Waals surface area contributed by atoms with Gasteiger partial charge in [-0.05, 0) is 18.2 Å². The molecule has 106 valence electrons. The second kappa shape index (κ2) is 5.49. The molecule has 1 heterocycles. The molecule has 1 aromatic heterocycles. The molecule has 0 bridgehead atoms. The lowest BCUT2D eigenvalue weighted by Crippen LogP contribution is -2.17. The van der Waals surface area contributed by atoms with Crippen LogP contribution in [0.5, 0.6) is 5.75 Å². The van der Waals surface area contributed by atoms with Gasteiger partial charge in [0.15, 0.2) is 11.6 Å². The Morgan fingerprint density at radius 1 is 1.25 bits per heavy atom. The topological polar surface area (TPSA) is 47.0 Å². The zero-order chi connectivity index (χ0) is 14.8. The number of alkyl halides is 3. The first-order chi connectivity index (χ1) is 9.35. The quantitative estimate of drug-likeness (QED) is 0.873. The third-order valence-electron chi connectivity index (χ3n) is 2.09. The summed E-state index contributed by atoms with van der Waals surface area (Å²) < 4.78 is 53.2. The number of aromatic nitrogens is 2. The van der Waals surface area contributed by atoms with Gasteiger partial charge in [-0.25, -0.2) is 14.4 Å². The van der Waals surface area contributed by atoms with Crippen molar-refractivity contribution < 1.29 is 22.3 Å². The molecule has 0 spiro atoms. The number of nitrogens with one attached hydrogen (secondary N) is 1. The molecule has 0 fully saturated rings. The summed E-state index contributed by atoms with van der Waals surface area (Å²) >= 11 is 5.65. The van der Waals surface area contributed by atoms with Crippen molar-refractivity contribution in [3.05, 3.63) is 41.6 Å². The van der Waals surface area contributed by atoms with Crippen molar-refractivity contribution in [2.75, 3.05) is 5.32 Å². The molecule has 0 unspecified atom stereocenters. The van der Waals surface area contributed by atoms with Crippen molar-refractivity contribution >= 4 is 23.1 Å². The standard InChI is InChI=1S/C11H6ClF4N3O/c12-7-3-6(1-2-9(7)20-11(14,15)16)19-10-8(13)4-17-5-18-10/h1-5H,(H,17,18,19). The van der Waals surface area contributed by atoms with Crippen LogP contribution in [0.3, 0.4) is 0 Å². The van der Waals surface area contributed by atoms with Crippen molar-refractivity contribution in [1.29, 1.82) is 0 Å². The molecule has 1 aromatic carbocycles. The highest BCUT2D eigenvalue weighted by molar-refractivity contribution is 6.32. The average molecular weight is 308 g/mol. The van der Waals surface area contributed by atoms with Gasteiger partial charge in [0.25, 0.3) is 0 Å². The van der Waals surface area contributed by atoms with E-state index in [2.05, 4.69) is 20.0 Å². The summed E-state index contributed by atoms with van der Waals surface area (Å²) in [6.45, 7) is 0. The minimum atomic E-state index is -4.84. The highest BCUT2D eigenvalue weighted by Gasteiger charge is 2.32. The monoisotopic (exact) mass is 307 g/mol. The minimum absolute atomic E-state index is 0.124. The Morgan fingerprint density at radius 3 is 2.60 bits per heavy atom. The van der Waals surface area contributed by atoms with E-state index in [4.69, 9.17) is 11.6 Å². The normalized spacial score (nSPS) is 11.2. The number of nitrogens with zero attached hydrogens (tertiary/aromatic N) is 2. The number of halogens is 5. The first-order valence-electron chi connectivity index (χ1n) is 5.13. The van der Waals surface area contributed by atoms with Crippen LogP contribution >= 0.6 is 11.6 Å². The van der Waals surface area contributed by atoms with Gasteiger partial charge in [0.05, 0.1) is 11.2 Å². The molecule has 2 aromatic rings. The van der Waals surface area contributed by atoms with Crippen LogP contribution in [0.2, 0.25) is 5.02 Å². The minimum Gasteiger partial charge on any atom is -0.404 e. The third-order valence-corrected chi connectivity index (χ3v) is 2.38. The number of rotatable bonds is 3. The molecule has 4 nitrogen and oxygen atoms in total. The van der Waals surface area contributed by atoms with Gasteiger partial charge in [-0.1, -0.05) is 11.6 Å². The van der Waals surface area contributed by atoms with Crippen molar-refractivity contribution in [2.24, 2.45) is 0 Å². The number of ether oxygens (including phenoxy) is 1. The Kier molecular flexibility index (Phi) is 3.93. The lowest BCUT2D eigenvalue weighted by atomic mass is 10.3. The van der Waals surface area contributed by atoms with Gasteiger partial charge in [-0.3, -0.25) is 0 Å². The Labute approximate surface area is 115 Å². The van der Waals surface area contributed by atoms with E-state index < -0.39 is 17.9 Å². The predicted octanol–water partition coefficient (Wildman–Crippen LogP) is 3.91. The molecule has 0 radical (unpaired) electrons. The second-order valence-electron chi connectivity index (χ2n) is 3.54. The van der Waals surface area contributed by atoms with Gasteiger partial charge in [-0.15, -0.1) is 13.2 Å². The molecule has 0 amide bonds. The Balaban J connectivity index is 2.19. The van der Waals surface area contributed by atoms with Crippen LogP contribution in [0.25, 0.3) is 0 Å². The Hall–Kier alpha value is -2.09. The summed E-state index contributed by atoms with van der Waals surface area (Å²) in [5.74, 6) is -1.38. The van der Waals surface area contributed by atoms with Crippen molar-refractivity contribution in [3.8, 4) is 5.75 Å². The number of hydrogen-bond acceptors (Lipinski definition) is 4. The highest BCUT2D eigenvalue weighted by atomic mass is 35.5. The van der Waals surface area contributed by atoms with Crippen molar-refractivity contribution in [3.63, 3.8) is 0 Å². The first kappa shape index (κ1) is 14.3. The summed E-state index contributed by atoms with van der Waals surface area (Å²) in [4.78, 5) is 7.09. The average Bonchev–Trinajstić information content (AvgIpc) is 2.34. The molecule has 9 heteroatoms. The van der Waals surface area contributed by atoms with Crippen LogP contribution in [0.1, 0.15) is 0 Å². The predicted molar refractivity (Wildman–Crippen MR) is 63.4 cm³/mol. The summed E-state index contributed by atoms with van der Waals surface area (Å²) in [6, 6.07) is 3.41. The van der Waals surface area contributed by atoms with E-state index in [9.17, 15) is 17.6 Å². The molecule has 0 atom stereocenters.